The number of aromatic nitrogens is 2. The number of anilines is 1. The number of amides is 1. The molecule has 1 amide bonds. The molecule has 1 aromatic rings. The Hall–Kier alpha value is -2.56. The molecule has 0 fully saturated rings. The number of nitrogens with two attached hydrogens (primary N) is 1. The maximum absolute atomic E-state index is 11.6. The molecule has 0 saturated carbocycles. The van der Waals surface area contributed by atoms with E-state index in [0.29, 0.717) is 4.57 Å². The van der Waals surface area contributed by atoms with Crippen molar-refractivity contribution in [3.05, 3.63) is 27.0 Å². The molecule has 0 atom stereocenters. The number of nitriles is 1. The smallest absolute Gasteiger partial charge is 0.331 e. The average molecular weight is 237 g/mol. The van der Waals surface area contributed by atoms with E-state index in [9.17, 15) is 14.4 Å². The Balaban J connectivity index is 3.08. The van der Waals surface area contributed by atoms with Crippen molar-refractivity contribution >= 4 is 11.6 Å². The molecule has 8 nitrogen and oxygen atoms in total. The Kier molecular flexibility index (Phi) is 3.66. The third-order valence-electron chi connectivity index (χ3n) is 2.02. The molecular formula is C9H11N5O3. The van der Waals surface area contributed by atoms with Crippen LogP contribution in [-0.4, -0.2) is 21.6 Å². The normalized spacial score (nSPS) is 9.65. The molecule has 0 bridgehead atoms. The topological polar surface area (TPSA) is 123 Å². The number of nitrogens with zero attached hydrogens (tertiary/aromatic N) is 3. The number of hydrogen-bond donors (Lipinski definition) is 2. The summed E-state index contributed by atoms with van der Waals surface area (Å²) in [5, 5.41) is 10.5. The molecule has 90 valence electrons. The SMILES string of the molecule is Cn1cc(N)c(=O)n(CC(=O)NCC#N)c1=O. The van der Waals surface area contributed by atoms with Crippen molar-refractivity contribution in [1.82, 2.24) is 14.5 Å². The van der Waals surface area contributed by atoms with Gasteiger partial charge in [0.05, 0.1) is 6.07 Å². The Labute approximate surface area is 95.9 Å². The van der Waals surface area contributed by atoms with Crippen molar-refractivity contribution in [2.24, 2.45) is 7.05 Å². The van der Waals surface area contributed by atoms with E-state index >= 15 is 0 Å². The monoisotopic (exact) mass is 237 g/mol. The standard InChI is InChI=1S/C9H11N5O3/c1-13-4-6(11)8(16)14(9(13)17)5-7(15)12-3-2-10/h4H,3,5,11H2,1H3,(H,12,15). The summed E-state index contributed by atoms with van der Waals surface area (Å²) in [5.41, 5.74) is 3.90. The summed E-state index contributed by atoms with van der Waals surface area (Å²) in [4.78, 5) is 34.4. The lowest BCUT2D eigenvalue weighted by molar-refractivity contribution is -0.121. The first-order valence-corrected chi connectivity index (χ1v) is 4.67. The van der Waals surface area contributed by atoms with Crippen LogP contribution in [0.5, 0.6) is 0 Å². The van der Waals surface area contributed by atoms with Crippen molar-refractivity contribution in [2.45, 2.75) is 6.54 Å². The fourth-order valence-corrected chi connectivity index (χ4v) is 1.23. The molecule has 0 radical (unpaired) electrons. The minimum atomic E-state index is -0.722. The van der Waals surface area contributed by atoms with Gasteiger partial charge in [0.25, 0.3) is 5.56 Å². The summed E-state index contributed by atoms with van der Waals surface area (Å²) in [6.45, 7) is -0.644. The van der Waals surface area contributed by atoms with Gasteiger partial charge in [0.1, 0.15) is 18.8 Å². The van der Waals surface area contributed by atoms with E-state index in [0.717, 1.165) is 4.57 Å². The Morgan fingerprint density at radius 2 is 2.24 bits per heavy atom. The number of rotatable bonds is 3. The van der Waals surface area contributed by atoms with Crippen LogP contribution in [-0.2, 0) is 18.4 Å². The van der Waals surface area contributed by atoms with Gasteiger partial charge in [-0.2, -0.15) is 5.26 Å². The summed E-state index contributed by atoms with van der Waals surface area (Å²) < 4.78 is 1.82. The summed E-state index contributed by atoms with van der Waals surface area (Å²) in [6, 6.07) is 1.71. The van der Waals surface area contributed by atoms with Gasteiger partial charge in [0.2, 0.25) is 5.91 Å². The van der Waals surface area contributed by atoms with E-state index in [2.05, 4.69) is 5.32 Å². The number of hydrogen-bond acceptors (Lipinski definition) is 5. The number of nitrogen functional groups attached to an aromatic ring is 1. The maximum atomic E-state index is 11.6. The minimum absolute atomic E-state index is 0.125. The number of nitrogens with one attached hydrogen (secondary N) is 1. The molecule has 1 aromatic heterocycles. The third-order valence-corrected chi connectivity index (χ3v) is 2.02. The fourth-order valence-electron chi connectivity index (χ4n) is 1.23. The van der Waals surface area contributed by atoms with E-state index in [1.54, 1.807) is 6.07 Å². The van der Waals surface area contributed by atoms with Gasteiger partial charge in [-0.25, -0.2) is 9.36 Å². The third kappa shape index (κ3) is 2.72. The van der Waals surface area contributed by atoms with Gasteiger partial charge in [-0.15, -0.1) is 0 Å². The summed E-state index contributed by atoms with van der Waals surface area (Å²) in [5.74, 6) is -0.601. The molecule has 1 rings (SSSR count). The zero-order valence-corrected chi connectivity index (χ0v) is 9.14. The molecular weight excluding hydrogens is 226 g/mol. The largest absolute Gasteiger partial charge is 0.393 e. The molecule has 17 heavy (non-hydrogen) atoms. The molecule has 0 aliphatic rings. The second kappa shape index (κ2) is 4.98. The van der Waals surface area contributed by atoms with Crippen LogP contribution in [0.15, 0.2) is 15.8 Å². The Morgan fingerprint density at radius 1 is 1.59 bits per heavy atom. The summed E-state index contributed by atoms with van der Waals surface area (Å²) >= 11 is 0. The second-order valence-corrected chi connectivity index (χ2v) is 3.30. The quantitative estimate of drug-likeness (QED) is 0.576. The highest BCUT2D eigenvalue weighted by atomic mass is 16.2. The van der Waals surface area contributed by atoms with Gasteiger partial charge in [-0.1, -0.05) is 0 Å². The first-order valence-electron chi connectivity index (χ1n) is 4.67. The van der Waals surface area contributed by atoms with Crippen molar-refractivity contribution in [3.63, 3.8) is 0 Å². The molecule has 0 spiro atoms. The van der Waals surface area contributed by atoms with Gasteiger partial charge in [-0.05, 0) is 0 Å². The van der Waals surface area contributed by atoms with Crippen LogP contribution in [0, 0.1) is 11.3 Å². The lowest BCUT2D eigenvalue weighted by Crippen LogP contribution is -2.43. The lowest BCUT2D eigenvalue weighted by atomic mass is 10.4. The second-order valence-electron chi connectivity index (χ2n) is 3.30. The molecule has 8 heteroatoms. The minimum Gasteiger partial charge on any atom is -0.393 e. The van der Waals surface area contributed by atoms with Crippen LogP contribution in [0.2, 0.25) is 0 Å². The predicted octanol–water partition coefficient (Wildman–Crippen LogP) is -2.23. The number of aryl methyl sites for hydroxylation is 1. The van der Waals surface area contributed by atoms with Gasteiger partial charge < -0.3 is 15.6 Å². The Morgan fingerprint density at radius 3 is 2.82 bits per heavy atom. The lowest BCUT2D eigenvalue weighted by Gasteiger charge is -2.07. The Bertz CT molecular complexity index is 558. The first kappa shape index (κ1) is 12.5. The molecule has 0 aliphatic carbocycles. The zero-order valence-electron chi connectivity index (χ0n) is 9.14. The van der Waals surface area contributed by atoms with E-state index in [1.807, 2.05) is 0 Å². The van der Waals surface area contributed by atoms with E-state index in [1.165, 1.54) is 13.2 Å². The number of carbonyl (C=O) groups excluding carboxylic acids is 1. The highest BCUT2D eigenvalue weighted by Gasteiger charge is 2.10. The first-order chi connectivity index (χ1) is 7.97. The van der Waals surface area contributed by atoms with Crippen LogP contribution in [0.25, 0.3) is 0 Å². The highest BCUT2D eigenvalue weighted by Crippen LogP contribution is 1.86. The molecule has 0 saturated heterocycles. The number of carbonyl (C=O) groups is 1. The van der Waals surface area contributed by atoms with E-state index < -0.39 is 23.7 Å². The average Bonchev–Trinajstić information content (AvgIpc) is 2.29. The van der Waals surface area contributed by atoms with Crippen LogP contribution in [0.4, 0.5) is 5.69 Å². The molecule has 0 aromatic carbocycles. The van der Waals surface area contributed by atoms with E-state index in [4.69, 9.17) is 11.0 Å². The van der Waals surface area contributed by atoms with Crippen LogP contribution in [0.1, 0.15) is 0 Å². The van der Waals surface area contributed by atoms with Crippen molar-refractivity contribution in [3.8, 4) is 6.07 Å². The van der Waals surface area contributed by atoms with Gasteiger partial charge in [0, 0.05) is 13.2 Å². The van der Waals surface area contributed by atoms with Crippen LogP contribution < -0.4 is 22.3 Å². The van der Waals surface area contributed by atoms with Gasteiger partial charge in [-0.3, -0.25) is 9.59 Å². The molecule has 0 unspecified atom stereocenters. The predicted molar refractivity (Wildman–Crippen MR) is 59.0 cm³/mol. The fraction of sp³-hybridized carbons (Fsp3) is 0.333. The van der Waals surface area contributed by atoms with Crippen molar-refractivity contribution in [1.29, 1.82) is 5.26 Å². The van der Waals surface area contributed by atoms with Gasteiger partial charge in [0.15, 0.2) is 0 Å². The summed E-state index contributed by atoms with van der Waals surface area (Å²) in [7, 11) is 1.42. The van der Waals surface area contributed by atoms with Crippen LogP contribution >= 0.6 is 0 Å². The molecule has 3 N–H and O–H groups in total. The van der Waals surface area contributed by atoms with Crippen molar-refractivity contribution < 1.29 is 4.79 Å². The van der Waals surface area contributed by atoms with Crippen LogP contribution in [0.3, 0.4) is 0 Å². The molecule has 0 aliphatic heterocycles. The van der Waals surface area contributed by atoms with Crippen molar-refractivity contribution in [2.75, 3.05) is 12.3 Å². The maximum Gasteiger partial charge on any atom is 0.331 e. The van der Waals surface area contributed by atoms with Gasteiger partial charge >= 0.3 is 5.69 Å². The highest BCUT2D eigenvalue weighted by molar-refractivity contribution is 5.75. The van der Waals surface area contributed by atoms with E-state index in [-0.39, 0.29) is 12.2 Å². The summed E-state index contributed by atoms with van der Waals surface area (Å²) in [6.07, 6.45) is 1.19. The molecule has 1 heterocycles. The zero-order chi connectivity index (χ0) is 13.0.